The molecule has 2 N–H and O–H groups in total. The number of allylic oxidation sites excluding steroid dienone is 2. The summed E-state index contributed by atoms with van der Waals surface area (Å²) < 4.78 is 78.4. The Morgan fingerprint density at radius 2 is 1.21 bits per heavy atom. The van der Waals surface area contributed by atoms with Gasteiger partial charge in [0.1, 0.15) is 45.0 Å². The fraction of sp³-hybridized carbons (Fsp3) is 0.258. The number of fused-ring (bicyclic) bond motifs is 6. The molecule has 15 nitrogen and oxygen atoms in total. The molecule has 4 aromatic carbocycles. The van der Waals surface area contributed by atoms with E-state index in [9.17, 15) is 17.6 Å². The first-order valence-electron chi connectivity index (χ1n) is 28.8. The van der Waals surface area contributed by atoms with Crippen LogP contribution in [0.4, 0.5) is 22.0 Å². The predicted octanol–water partition coefficient (Wildman–Crippen LogP) is 13.0. The number of pyridine rings is 3. The Kier molecular flexibility index (Phi) is 15.0. The highest BCUT2D eigenvalue weighted by Gasteiger charge is 2.24. The van der Waals surface area contributed by atoms with Gasteiger partial charge in [0.05, 0.1) is 34.5 Å². The van der Waals surface area contributed by atoms with E-state index >= 15 is 4.39 Å². The first-order chi connectivity index (χ1) is 41.7. The smallest absolute Gasteiger partial charge is 0.173 e. The zero-order valence-electron chi connectivity index (χ0n) is 48.0. The molecule has 8 aromatic heterocycles. The third-order valence-corrected chi connectivity index (χ3v) is 16.4. The van der Waals surface area contributed by atoms with E-state index in [0.29, 0.717) is 72.4 Å². The quantitative estimate of drug-likeness (QED) is 0.146. The molecule has 86 heavy (non-hydrogen) atoms. The van der Waals surface area contributed by atoms with Gasteiger partial charge in [-0.3, -0.25) is 9.36 Å². The molecule has 2 atom stereocenters. The third-order valence-electron chi connectivity index (χ3n) is 16.4. The van der Waals surface area contributed by atoms with Crippen LogP contribution in [0.15, 0.2) is 134 Å². The van der Waals surface area contributed by atoms with Gasteiger partial charge in [-0.05, 0) is 161 Å². The average molecular weight is 1160 g/mol. The summed E-state index contributed by atoms with van der Waals surface area (Å²) in [5, 5.41) is 26.3. The van der Waals surface area contributed by atoms with E-state index in [1.165, 1.54) is 18.2 Å². The summed E-state index contributed by atoms with van der Waals surface area (Å²) in [6.45, 7) is 10.9. The molecular formula is C66H60F5N15. The van der Waals surface area contributed by atoms with Gasteiger partial charge < -0.3 is 19.9 Å². The van der Waals surface area contributed by atoms with Crippen molar-refractivity contribution in [2.24, 2.45) is 14.1 Å². The summed E-state index contributed by atoms with van der Waals surface area (Å²) in [6.07, 6.45) is 20.5. The monoisotopic (exact) mass is 1160 g/mol. The number of rotatable bonds is 7. The van der Waals surface area contributed by atoms with Crippen molar-refractivity contribution >= 4 is 60.3 Å². The van der Waals surface area contributed by atoms with Crippen LogP contribution >= 0.6 is 0 Å². The summed E-state index contributed by atoms with van der Waals surface area (Å²) >= 11 is 0. The lowest BCUT2D eigenvalue weighted by Crippen LogP contribution is -2.32. The van der Waals surface area contributed by atoms with Gasteiger partial charge in [-0.2, -0.15) is 20.4 Å². The standard InChI is InChI=1S/C23H25FN6.C22H18F2N4.C21H17F2N5/c1-4-30-7-5-15(6-8-30)20-12-17-18(24)10-16(11-21(17)27-26-20)19-9-14(2)23-22(25-19)13-29(3)28-23;1-28-12-17-9-16(11-19(24)22(17)27-28)20-3-2-14-8-15(10-18(23)21(14)26-20)13-4-6-25-7-5-13;1-12-10-28-11-16(8-18(23)21(28)26-12)20-25-9-15-6-14(7-17(22)19(15)27-20)13-2-4-24-5-3-13/h9-13,15H,4-8H2,1-3H3;2-4,6,8-13,25H,5,7H2,1H3;2,4,6-11,13,24H,3,5H2,1H3. The number of nitrogens with zero attached hydrogens (tertiary/aromatic N) is 13. The first kappa shape index (κ1) is 55.6. The van der Waals surface area contributed by atoms with Crippen LogP contribution in [0, 0.1) is 42.9 Å². The lowest BCUT2D eigenvalue weighted by atomic mass is 9.92. The van der Waals surface area contributed by atoms with Crippen LogP contribution in [0.5, 0.6) is 0 Å². The minimum Gasteiger partial charge on any atom is -0.391 e. The van der Waals surface area contributed by atoms with Gasteiger partial charge >= 0.3 is 0 Å². The highest BCUT2D eigenvalue weighted by Crippen LogP contribution is 2.35. The van der Waals surface area contributed by atoms with Crippen LogP contribution in [0.1, 0.15) is 78.4 Å². The molecule has 3 aliphatic rings. The molecule has 11 heterocycles. The summed E-state index contributed by atoms with van der Waals surface area (Å²) in [6, 6.07) is 22.5. The molecule has 0 bridgehead atoms. The van der Waals surface area contributed by atoms with E-state index in [4.69, 9.17) is 0 Å². The second-order valence-corrected chi connectivity index (χ2v) is 22.4. The van der Waals surface area contributed by atoms with Crippen molar-refractivity contribution in [2.45, 2.75) is 64.2 Å². The van der Waals surface area contributed by atoms with Gasteiger partial charge in [-0.25, -0.2) is 46.9 Å². The fourth-order valence-electron chi connectivity index (χ4n) is 11.9. The van der Waals surface area contributed by atoms with E-state index in [0.717, 1.165) is 97.2 Å². The van der Waals surface area contributed by atoms with Crippen molar-refractivity contribution in [2.75, 3.05) is 32.7 Å². The van der Waals surface area contributed by atoms with Crippen LogP contribution in [0.3, 0.4) is 0 Å². The molecule has 12 aromatic rings. The van der Waals surface area contributed by atoms with Crippen molar-refractivity contribution in [1.29, 1.82) is 0 Å². The molecule has 2 unspecified atom stereocenters. The number of nitrogens with one attached hydrogen (secondary N) is 2. The van der Waals surface area contributed by atoms with Crippen LogP contribution in [-0.2, 0) is 14.1 Å². The van der Waals surface area contributed by atoms with Gasteiger partial charge in [0, 0.05) is 108 Å². The van der Waals surface area contributed by atoms with Gasteiger partial charge in [0.15, 0.2) is 23.1 Å². The van der Waals surface area contributed by atoms with Crippen molar-refractivity contribution in [3.8, 4) is 33.9 Å². The molecule has 15 rings (SSSR count). The number of benzene rings is 4. The lowest BCUT2D eigenvalue weighted by Gasteiger charge is -2.30. The topological polar surface area (TPSA) is 158 Å². The Labute approximate surface area is 491 Å². The maximum absolute atomic E-state index is 15.1. The van der Waals surface area contributed by atoms with Gasteiger partial charge in [0.2, 0.25) is 0 Å². The number of piperidine rings is 1. The summed E-state index contributed by atoms with van der Waals surface area (Å²) in [7, 11) is 3.62. The second-order valence-electron chi connectivity index (χ2n) is 22.4. The van der Waals surface area contributed by atoms with Crippen LogP contribution in [0.25, 0.3) is 94.2 Å². The van der Waals surface area contributed by atoms with Crippen molar-refractivity contribution in [1.82, 2.24) is 74.6 Å². The van der Waals surface area contributed by atoms with Crippen molar-refractivity contribution < 1.29 is 22.0 Å². The summed E-state index contributed by atoms with van der Waals surface area (Å²) in [4.78, 5) is 24.5. The highest BCUT2D eigenvalue weighted by molar-refractivity contribution is 5.89. The van der Waals surface area contributed by atoms with E-state index in [-0.39, 0.29) is 40.5 Å². The molecule has 3 aliphatic heterocycles. The Balaban J connectivity index is 0.000000120. The maximum Gasteiger partial charge on any atom is 0.173 e. The zero-order valence-corrected chi connectivity index (χ0v) is 48.0. The fourth-order valence-corrected chi connectivity index (χ4v) is 11.9. The lowest BCUT2D eigenvalue weighted by molar-refractivity contribution is 0.220. The van der Waals surface area contributed by atoms with Crippen LogP contribution in [-0.4, -0.2) is 96.7 Å². The summed E-state index contributed by atoms with van der Waals surface area (Å²) in [5.41, 5.74) is 10.8. The Hall–Kier alpha value is -9.56. The molecule has 1 fully saturated rings. The molecule has 20 heteroatoms. The first-order valence-corrected chi connectivity index (χ1v) is 28.8. The van der Waals surface area contributed by atoms with Gasteiger partial charge in [0.25, 0.3) is 0 Å². The number of likely N-dealkylation sites (tertiary alicyclic amines) is 1. The number of hydrogen-bond acceptors (Lipinski definition) is 12. The van der Waals surface area contributed by atoms with E-state index in [1.807, 2.05) is 81.1 Å². The Morgan fingerprint density at radius 3 is 1.93 bits per heavy atom. The number of aryl methyl sites for hydroxylation is 4. The molecule has 434 valence electrons. The highest BCUT2D eigenvalue weighted by atomic mass is 19.1. The Morgan fingerprint density at radius 1 is 0.547 bits per heavy atom. The zero-order chi connectivity index (χ0) is 59.3. The second kappa shape index (κ2) is 23.1. The van der Waals surface area contributed by atoms with E-state index in [2.05, 4.69) is 73.8 Å². The molecule has 0 spiro atoms. The normalized spacial score (nSPS) is 16.4. The van der Waals surface area contributed by atoms with E-state index in [1.54, 1.807) is 70.7 Å². The largest absolute Gasteiger partial charge is 0.391 e. The van der Waals surface area contributed by atoms with Crippen molar-refractivity contribution in [3.05, 3.63) is 192 Å². The van der Waals surface area contributed by atoms with Gasteiger partial charge in [-0.1, -0.05) is 25.1 Å². The Bertz CT molecular complexity index is 4460. The molecule has 0 saturated carbocycles. The van der Waals surface area contributed by atoms with Gasteiger partial charge in [-0.15, -0.1) is 0 Å². The number of halogens is 5. The maximum atomic E-state index is 15.1. The van der Waals surface area contributed by atoms with Crippen LogP contribution in [0.2, 0.25) is 0 Å². The number of imidazole rings is 1. The molecule has 0 amide bonds. The SMILES string of the molecule is CCN1CCC(c2cc3c(F)cc(-c4cc(C)c5nn(C)cc5n4)cc3nn2)CC1.Cc1cn2cc(-c3ncc4cc(C5C=CNCC5)cc(F)c4n3)cc(F)c2n1.Cn1cc2cc(-c3ccc4cc(C5C=CNCC5)cc(F)c4n3)cc(F)c2n1. The third kappa shape index (κ3) is 11.2. The van der Waals surface area contributed by atoms with Crippen LogP contribution < -0.4 is 10.6 Å². The molecule has 0 radical (unpaired) electrons. The molecule has 0 aliphatic carbocycles. The minimum atomic E-state index is -0.470. The predicted molar refractivity (Wildman–Crippen MR) is 325 cm³/mol. The number of hydrogen-bond donors (Lipinski definition) is 2. The van der Waals surface area contributed by atoms with Crippen molar-refractivity contribution in [3.63, 3.8) is 0 Å². The average Bonchev–Trinajstić information content (AvgIpc) is 3.92. The van der Waals surface area contributed by atoms with E-state index < -0.39 is 17.5 Å². The molecular weight excluding hydrogens is 1100 g/mol. The molecule has 1 saturated heterocycles. The minimum absolute atomic E-state index is 0.167. The summed E-state index contributed by atoms with van der Waals surface area (Å²) in [5.74, 6) is -0.939. The number of aromatic nitrogens is 12.